The first-order valence-electron chi connectivity index (χ1n) is 9.16. The number of rotatable bonds is 15. The van der Waals surface area contributed by atoms with Crippen molar-refractivity contribution in [3.63, 3.8) is 0 Å². The second kappa shape index (κ2) is 11.9. The van der Waals surface area contributed by atoms with Crippen LogP contribution in [0, 0.1) is 0 Å². The van der Waals surface area contributed by atoms with Crippen molar-refractivity contribution in [2.45, 2.75) is 24.9 Å². The summed E-state index contributed by atoms with van der Waals surface area (Å²) in [6.45, 7) is -1.10. The largest absolute Gasteiger partial charge is 0.481 e. The second-order valence-electron chi connectivity index (χ2n) is 6.99. The highest BCUT2D eigenvalue weighted by molar-refractivity contribution is 5.76. The predicted molar refractivity (Wildman–Crippen MR) is 105 cm³/mol. The standard InChI is InChI=1S/C19H27N3O8/c20-6-7-21(10-14-4-2-1-3-5-14)13-19(8-15(23)24,9-16(25)26)22(11-17(27)28)12-18(29)30/h1-5H,6-13,20H2,(H,23,24)(H,25,26)(H,27,28)(H,29,30). The van der Waals surface area contributed by atoms with E-state index in [1.165, 1.54) is 0 Å². The molecule has 0 amide bonds. The quantitative estimate of drug-likeness (QED) is 0.247. The Bertz CT molecular complexity index is 709. The van der Waals surface area contributed by atoms with Gasteiger partial charge in [0, 0.05) is 26.2 Å². The third-order valence-corrected chi connectivity index (χ3v) is 4.50. The number of benzene rings is 1. The molecule has 166 valence electrons. The van der Waals surface area contributed by atoms with Crippen molar-refractivity contribution in [1.29, 1.82) is 0 Å². The van der Waals surface area contributed by atoms with Crippen LogP contribution in [0.15, 0.2) is 30.3 Å². The summed E-state index contributed by atoms with van der Waals surface area (Å²) < 4.78 is 0. The van der Waals surface area contributed by atoms with Crippen molar-refractivity contribution in [3.05, 3.63) is 35.9 Å². The summed E-state index contributed by atoms with van der Waals surface area (Å²) in [5, 5.41) is 37.4. The fourth-order valence-corrected chi connectivity index (χ4v) is 3.43. The van der Waals surface area contributed by atoms with E-state index in [0.29, 0.717) is 6.54 Å². The Morgan fingerprint density at radius 1 is 0.833 bits per heavy atom. The van der Waals surface area contributed by atoms with Crippen LogP contribution < -0.4 is 5.73 Å². The number of carboxylic acid groups (broad SMARTS) is 4. The van der Waals surface area contributed by atoms with Crippen molar-refractivity contribution in [2.24, 2.45) is 5.73 Å². The lowest BCUT2D eigenvalue weighted by molar-refractivity contribution is -0.155. The summed E-state index contributed by atoms with van der Waals surface area (Å²) in [6, 6.07) is 9.08. The van der Waals surface area contributed by atoms with Crippen molar-refractivity contribution in [2.75, 3.05) is 32.7 Å². The first-order chi connectivity index (χ1) is 14.1. The maximum atomic E-state index is 11.6. The van der Waals surface area contributed by atoms with Gasteiger partial charge < -0.3 is 26.2 Å². The Balaban J connectivity index is 3.40. The summed E-state index contributed by atoms with van der Waals surface area (Å²) in [7, 11) is 0. The molecule has 0 radical (unpaired) electrons. The van der Waals surface area contributed by atoms with Gasteiger partial charge in [0.1, 0.15) is 0 Å². The number of nitrogens with two attached hydrogens (primary N) is 1. The molecule has 0 spiro atoms. The van der Waals surface area contributed by atoms with Gasteiger partial charge in [0.2, 0.25) is 0 Å². The predicted octanol–water partition coefficient (Wildman–Crippen LogP) is -0.393. The normalized spacial score (nSPS) is 11.6. The third-order valence-electron chi connectivity index (χ3n) is 4.50. The molecule has 0 heterocycles. The minimum Gasteiger partial charge on any atom is -0.481 e. The Hall–Kier alpha value is -3.02. The van der Waals surface area contributed by atoms with Crippen LogP contribution >= 0.6 is 0 Å². The van der Waals surface area contributed by atoms with Gasteiger partial charge in [-0.2, -0.15) is 0 Å². The molecule has 0 fully saturated rings. The molecule has 0 aliphatic carbocycles. The molecule has 0 aliphatic rings. The van der Waals surface area contributed by atoms with Gasteiger partial charge in [0.15, 0.2) is 0 Å². The number of hydrogen-bond acceptors (Lipinski definition) is 7. The summed E-state index contributed by atoms with van der Waals surface area (Å²) >= 11 is 0. The smallest absolute Gasteiger partial charge is 0.317 e. The van der Waals surface area contributed by atoms with Crippen LogP contribution in [0.3, 0.4) is 0 Å². The van der Waals surface area contributed by atoms with Crippen molar-refractivity contribution >= 4 is 23.9 Å². The van der Waals surface area contributed by atoms with Gasteiger partial charge in [-0.1, -0.05) is 30.3 Å². The van der Waals surface area contributed by atoms with Crippen LogP contribution in [0.5, 0.6) is 0 Å². The fourth-order valence-electron chi connectivity index (χ4n) is 3.43. The van der Waals surface area contributed by atoms with Gasteiger partial charge in [-0.25, -0.2) is 0 Å². The molecule has 1 aromatic carbocycles. The van der Waals surface area contributed by atoms with E-state index in [1.54, 1.807) is 17.0 Å². The molecule has 0 atom stereocenters. The monoisotopic (exact) mass is 425 g/mol. The molecule has 30 heavy (non-hydrogen) atoms. The minimum absolute atomic E-state index is 0.181. The second-order valence-corrected chi connectivity index (χ2v) is 6.99. The van der Waals surface area contributed by atoms with E-state index in [0.717, 1.165) is 10.5 Å². The highest BCUT2D eigenvalue weighted by atomic mass is 16.4. The van der Waals surface area contributed by atoms with Gasteiger partial charge in [0.25, 0.3) is 0 Å². The number of carbonyl (C=O) groups is 4. The summed E-state index contributed by atoms with van der Waals surface area (Å²) in [4.78, 5) is 48.5. The van der Waals surface area contributed by atoms with E-state index < -0.39 is 55.3 Å². The maximum Gasteiger partial charge on any atom is 0.317 e. The van der Waals surface area contributed by atoms with Crippen LogP contribution in [0.25, 0.3) is 0 Å². The van der Waals surface area contributed by atoms with Crippen molar-refractivity contribution < 1.29 is 39.6 Å². The fraction of sp³-hybridized carbons (Fsp3) is 0.474. The summed E-state index contributed by atoms with van der Waals surface area (Å²) in [5.74, 6) is -5.54. The topological polar surface area (TPSA) is 182 Å². The van der Waals surface area contributed by atoms with E-state index in [-0.39, 0.29) is 19.6 Å². The lowest BCUT2D eigenvalue weighted by atomic mass is 9.87. The van der Waals surface area contributed by atoms with Gasteiger partial charge in [-0.05, 0) is 5.56 Å². The molecular weight excluding hydrogens is 398 g/mol. The molecule has 1 aromatic rings. The average molecular weight is 425 g/mol. The molecule has 6 N–H and O–H groups in total. The molecule has 0 aliphatic heterocycles. The molecule has 0 saturated carbocycles. The zero-order valence-electron chi connectivity index (χ0n) is 16.4. The Morgan fingerprint density at radius 3 is 1.73 bits per heavy atom. The number of aliphatic carboxylic acids is 4. The Labute approximate surface area is 173 Å². The molecule has 11 heteroatoms. The summed E-state index contributed by atoms with van der Waals surface area (Å²) in [6.07, 6.45) is -1.51. The first-order valence-corrected chi connectivity index (χ1v) is 9.16. The zero-order chi connectivity index (χ0) is 22.7. The molecule has 0 bridgehead atoms. The van der Waals surface area contributed by atoms with E-state index in [9.17, 15) is 39.6 Å². The van der Waals surface area contributed by atoms with Crippen LogP contribution in [-0.4, -0.2) is 92.4 Å². The van der Waals surface area contributed by atoms with E-state index in [1.807, 2.05) is 18.2 Å². The molecule has 0 aromatic heterocycles. The lowest BCUT2D eigenvalue weighted by Gasteiger charge is -2.44. The highest BCUT2D eigenvalue weighted by Crippen LogP contribution is 2.27. The molecule has 0 saturated heterocycles. The van der Waals surface area contributed by atoms with Crippen LogP contribution in [0.2, 0.25) is 0 Å². The Kier molecular flexibility index (Phi) is 9.89. The average Bonchev–Trinajstić information content (AvgIpc) is 2.60. The summed E-state index contributed by atoms with van der Waals surface area (Å²) in [5.41, 5.74) is 4.74. The van der Waals surface area contributed by atoms with Gasteiger partial charge in [-0.3, -0.25) is 29.0 Å². The molecular formula is C19H27N3O8. The third kappa shape index (κ3) is 8.55. The van der Waals surface area contributed by atoms with Gasteiger partial charge >= 0.3 is 23.9 Å². The van der Waals surface area contributed by atoms with Gasteiger partial charge in [0.05, 0.1) is 31.5 Å². The number of hydrogen-bond donors (Lipinski definition) is 5. The van der Waals surface area contributed by atoms with Gasteiger partial charge in [-0.15, -0.1) is 0 Å². The molecule has 0 unspecified atom stereocenters. The van der Waals surface area contributed by atoms with Crippen molar-refractivity contribution in [1.82, 2.24) is 9.80 Å². The van der Waals surface area contributed by atoms with E-state index in [2.05, 4.69) is 0 Å². The first kappa shape index (κ1) is 25.0. The van der Waals surface area contributed by atoms with Crippen LogP contribution in [0.4, 0.5) is 0 Å². The number of carboxylic acids is 4. The Morgan fingerprint density at radius 2 is 1.33 bits per heavy atom. The molecule has 11 nitrogen and oxygen atoms in total. The SMILES string of the molecule is NCCN(Cc1ccccc1)CC(CC(=O)O)(CC(=O)O)N(CC(=O)O)CC(=O)O. The molecule has 1 rings (SSSR count). The lowest BCUT2D eigenvalue weighted by Crippen LogP contribution is -2.60. The zero-order valence-corrected chi connectivity index (χ0v) is 16.4. The maximum absolute atomic E-state index is 11.6. The van der Waals surface area contributed by atoms with Crippen LogP contribution in [-0.2, 0) is 25.7 Å². The van der Waals surface area contributed by atoms with Crippen molar-refractivity contribution in [3.8, 4) is 0 Å². The van der Waals surface area contributed by atoms with E-state index >= 15 is 0 Å². The minimum atomic E-state index is -1.78. The highest BCUT2D eigenvalue weighted by Gasteiger charge is 2.44. The van der Waals surface area contributed by atoms with Crippen LogP contribution in [0.1, 0.15) is 18.4 Å². The van der Waals surface area contributed by atoms with E-state index in [4.69, 9.17) is 5.73 Å². The number of nitrogens with zero attached hydrogens (tertiary/aromatic N) is 2.